The van der Waals surface area contributed by atoms with Gasteiger partial charge in [-0.3, -0.25) is 9.78 Å². The highest BCUT2D eigenvalue weighted by Crippen LogP contribution is 2.06. The summed E-state index contributed by atoms with van der Waals surface area (Å²) in [4.78, 5) is 15.1. The van der Waals surface area contributed by atoms with E-state index in [1.165, 1.54) is 17.5 Å². The van der Waals surface area contributed by atoms with Crippen LogP contribution < -0.4 is 0 Å². The van der Waals surface area contributed by atoms with Crippen molar-refractivity contribution in [1.29, 1.82) is 0 Å². The van der Waals surface area contributed by atoms with Crippen molar-refractivity contribution in [3.8, 4) is 0 Å². The van der Waals surface area contributed by atoms with Crippen LogP contribution in [0.3, 0.4) is 0 Å². The first-order valence-electron chi connectivity index (χ1n) is 2.32. The van der Waals surface area contributed by atoms with E-state index in [2.05, 4.69) is 4.98 Å². The smallest absolute Gasteiger partial charge is 0.189 e. The topological polar surface area (TPSA) is 30.0 Å². The van der Waals surface area contributed by atoms with Gasteiger partial charge in [0.15, 0.2) is 5.78 Å². The maximum Gasteiger partial charge on any atom is 0.189 e. The van der Waals surface area contributed by atoms with Crippen LogP contribution in [0, 0.1) is 0 Å². The molecule has 0 N–H and O–H groups in total. The van der Waals surface area contributed by atoms with Gasteiger partial charge in [-0.15, -0.1) is 22.9 Å². The second-order valence-electron chi connectivity index (χ2n) is 1.42. The molecular formula is C5H4ClNOS. The first kappa shape index (κ1) is 6.71. The van der Waals surface area contributed by atoms with E-state index in [0.717, 1.165) is 0 Å². The molecule has 48 valence electrons. The molecule has 9 heavy (non-hydrogen) atoms. The zero-order valence-corrected chi connectivity index (χ0v) is 6.08. The van der Waals surface area contributed by atoms with Gasteiger partial charge >= 0.3 is 0 Å². The van der Waals surface area contributed by atoms with Gasteiger partial charge in [0.05, 0.1) is 16.3 Å². The Labute approximate surface area is 61.5 Å². The lowest BCUT2D eigenvalue weighted by Gasteiger charge is -1.83. The molecule has 0 fully saturated rings. The van der Waals surface area contributed by atoms with Gasteiger partial charge < -0.3 is 0 Å². The molecule has 0 aliphatic heterocycles. The Balaban J connectivity index is 2.77. The van der Waals surface area contributed by atoms with E-state index in [9.17, 15) is 4.79 Å². The number of rotatable bonds is 2. The Hall–Kier alpha value is -0.410. The molecule has 0 atom stereocenters. The summed E-state index contributed by atoms with van der Waals surface area (Å²) < 4.78 is 0. The van der Waals surface area contributed by atoms with Crippen molar-refractivity contribution in [2.24, 2.45) is 0 Å². The van der Waals surface area contributed by atoms with Gasteiger partial charge in [0.2, 0.25) is 0 Å². The molecule has 0 aliphatic carbocycles. The summed E-state index contributed by atoms with van der Waals surface area (Å²) in [5.41, 5.74) is 1.61. The number of hydrogen-bond donors (Lipinski definition) is 0. The predicted molar refractivity (Wildman–Crippen MR) is 37.2 cm³/mol. The molecule has 1 aromatic rings. The Bertz CT molecular complexity index is 197. The predicted octanol–water partition coefficient (Wildman–Crippen LogP) is 1.56. The third-order valence-electron chi connectivity index (χ3n) is 0.829. The first-order valence-corrected chi connectivity index (χ1v) is 3.73. The molecule has 0 bridgehead atoms. The number of nitrogens with zero attached hydrogens (tertiary/aromatic N) is 1. The van der Waals surface area contributed by atoms with Crippen LogP contribution in [0.25, 0.3) is 0 Å². The lowest BCUT2D eigenvalue weighted by Crippen LogP contribution is -1.95. The Kier molecular flexibility index (Phi) is 2.19. The van der Waals surface area contributed by atoms with Gasteiger partial charge in [0, 0.05) is 6.20 Å². The van der Waals surface area contributed by atoms with Gasteiger partial charge in [-0.1, -0.05) is 0 Å². The molecule has 1 heterocycles. The Morgan fingerprint density at radius 3 is 3.11 bits per heavy atom. The second-order valence-corrected chi connectivity index (χ2v) is 2.58. The minimum absolute atomic E-state index is 0.0438. The van der Waals surface area contributed by atoms with E-state index in [0.29, 0.717) is 4.88 Å². The number of thiazole rings is 1. The van der Waals surface area contributed by atoms with Crippen molar-refractivity contribution >= 4 is 28.7 Å². The first-order chi connectivity index (χ1) is 4.34. The van der Waals surface area contributed by atoms with Crippen LogP contribution in [0.5, 0.6) is 0 Å². The number of ketones is 1. The molecule has 0 radical (unpaired) electrons. The molecular weight excluding hydrogens is 158 g/mol. The molecule has 1 aromatic heterocycles. The molecule has 0 saturated heterocycles. The van der Waals surface area contributed by atoms with Crippen LogP contribution in [0.4, 0.5) is 0 Å². The maximum atomic E-state index is 10.7. The van der Waals surface area contributed by atoms with Crippen LogP contribution in [0.15, 0.2) is 11.7 Å². The van der Waals surface area contributed by atoms with Gasteiger partial charge in [-0.2, -0.15) is 0 Å². The summed E-state index contributed by atoms with van der Waals surface area (Å²) in [6.07, 6.45) is 1.52. The van der Waals surface area contributed by atoms with Crippen molar-refractivity contribution in [2.75, 3.05) is 5.88 Å². The summed E-state index contributed by atoms with van der Waals surface area (Å²) >= 11 is 6.58. The van der Waals surface area contributed by atoms with Gasteiger partial charge in [-0.25, -0.2) is 0 Å². The zero-order chi connectivity index (χ0) is 6.69. The normalized spacial score (nSPS) is 9.44. The molecule has 0 aromatic carbocycles. The van der Waals surface area contributed by atoms with Gasteiger partial charge in [0.1, 0.15) is 0 Å². The summed E-state index contributed by atoms with van der Waals surface area (Å²) in [6.45, 7) is 0. The van der Waals surface area contributed by atoms with Crippen LogP contribution in [0.1, 0.15) is 9.67 Å². The fourth-order valence-corrected chi connectivity index (χ4v) is 1.20. The quantitative estimate of drug-likeness (QED) is 0.487. The number of carbonyl (C=O) groups excluding carboxylic acids is 1. The third kappa shape index (κ3) is 1.50. The monoisotopic (exact) mass is 161 g/mol. The van der Waals surface area contributed by atoms with Crippen molar-refractivity contribution in [3.05, 3.63) is 16.6 Å². The standard InChI is InChI=1S/C5H4ClNOS/c6-1-4(8)5-2-7-3-9-5/h2-3H,1H2. The second kappa shape index (κ2) is 2.94. The SMILES string of the molecule is O=C(CCl)c1cncs1. The summed E-state index contributed by atoms with van der Waals surface area (Å²) in [5, 5.41) is 0. The minimum atomic E-state index is -0.0563. The summed E-state index contributed by atoms with van der Waals surface area (Å²) in [6, 6.07) is 0. The van der Waals surface area contributed by atoms with E-state index in [1.54, 1.807) is 5.51 Å². The number of Topliss-reactive ketones (excluding diaryl/α,β-unsaturated/α-hetero) is 1. The molecule has 2 nitrogen and oxygen atoms in total. The lowest BCUT2D eigenvalue weighted by atomic mass is 10.4. The molecule has 0 aliphatic rings. The number of halogens is 1. The summed E-state index contributed by atoms with van der Waals surface area (Å²) in [5.74, 6) is -0.0125. The molecule has 0 spiro atoms. The largest absolute Gasteiger partial charge is 0.292 e. The highest BCUT2D eigenvalue weighted by atomic mass is 35.5. The van der Waals surface area contributed by atoms with E-state index in [4.69, 9.17) is 11.6 Å². The van der Waals surface area contributed by atoms with Gasteiger partial charge in [0.25, 0.3) is 0 Å². The van der Waals surface area contributed by atoms with Crippen molar-refractivity contribution < 1.29 is 4.79 Å². The van der Waals surface area contributed by atoms with Crippen LogP contribution in [0.2, 0.25) is 0 Å². The van der Waals surface area contributed by atoms with Crippen molar-refractivity contribution in [2.45, 2.75) is 0 Å². The van der Waals surface area contributed by atoms with E-state index >= 15 is 0 Å². The Morgan fingerprint density at radius 1 is 1.89 bits per heavy atom. The lowest BCUT2D eigenvalue weighted by molar-refractivity contribution is 0.102. The summed E-state index contributed by atoms with van der Waals surface area (Å²) in [7, 11) is 0. The fraction of sp³-hybridized carbons (Fsp3) is 0.200. The zero-order valence-electron chi connectivity index (χ0n) is 4.50. The average molecular weight is 162 g/mol. The van der Waals surface area contributed by atoms with Crippen molar-refractivity contribution in [3.63, 3.8) is 0 Å². The number of alkyl halides is 1. The van der Waals surface area contributed by atoms with Crippen LogP contribution >= 0.6 is 22.9 Å². The fourth-order valence-electron chi connectivity index (χ4n) is 0.419. The van der Waals surface area contributed by atoms with E-state index in [-0.39, 0.29) is 11.7 Å². The molecule has 0 amide bonds. The molecule has 0 unspecified atom stereocenters. The highest BCUT2D eigenvalue weighted by Gasteiger charge is 2.03. The van der Waals surface area contributed by atoms with Crippen LogP contribution in [-0.4, -0.2) is 16.6 Å². The molecule has 4 heteroatoms. The van der Waals surface area contributed by atoms with E-state index < -0.39 is 0 Å². The highest BCUT2D eigenvalue weighted by molar-refractivity contribution is 7.11. The average Bonchev–Trinajstić information content (AvgIpc) is 2.37. The third-order valence-corrected chi connectivity index (χ3v) is 1.89. The van der Waals surface area contributed by atoms with Crippen molar-refractivity contribution in [1.82, 2.24) is 4.98 Å². The number of carbonyl (C=O) groups is 1. The maximum absolute atomic E-state index is 10.7. The Morgan fingerprint density at radius 2 is 2.67 bits per heavy atom. The molecule has 0 saturated carbocycles. The number of aromatic nitrogens is 1. The minimum Gasteiger partial charge on any atom is -0.292 e. The number of hydrogen-bond acceptors (Lipinski definition) is 3. The van der Waals surface area contributed by atoms with Gasteiger partial charge in [-0.05, 0) is 0 Å². The van der Waals surface area contributed by atoms with E-state index in [1.807, 2.05) is 0 Å². The van der Waals surface area contributed by atoms with Crippen LogP contribution in [-0.2, 0) is 0 Å². The molecule has 1 rings (SSSR count).